The van der Waals surface area contributed by atoms with Crippen LogP contribution in [0.25, 0.3) is 6.08 Å². The van der Waals surface area contributed by atoms with Gasteiger partial charge in [0.05, 0.1) is 12.7 Å². The Morgan fingerprint density at radius 3 is 2.50 bits per heavy atom. The third-order valence-corrected chi connectivity index (χ3v) is 2.12. The second-order valence-electron chi connectivity index (χ2n) is 4.24. The van der Waals surface area contributed by atoms with Crippen LogP contribution in [-0.4, -0.2) is 18.7 Å². The molecule has 0 radical (unpaired) electrons. The van der Waals surface area contributed by atoms with E-state index in [4.69, 9.17) is 9.47 Å². The van der Waals surface area contributed by atoms with E-state index < -0.39 is 0 Å². The van der Waals surface area contributed by atoms with E-state index in [9.17, 15) is 4.79 Å². The molecule has 0 unspecified atom stereocenters. The first-order valence-electron chi connectivity index (χ1n) is 6.23. The predicted octanol–water partition coefficient (Wildman–Crippen LogP) is 3.44. The maximum atomic E-state index is 11.3. The van der Waals surface area contributed by atoms with Crippen LogP contribution in [0.1, 0.15) is 32.8 Å². The molecule has 1 rings (SSSR count). The Bertz CT molecular complexity index is 391. The zero-order valence-electron chi connectivity index (χ0n) is 11.2. The van der Waals surface area contributed by atoms with Gasteiger partial charge in [0.15, 0.2) is 0 Å². The van der Waals surface area contributed by atoms with Crippen LogP contribution in [0, 0.1) is 0 Å². The number of benzene rings is 1. The van der Waals surface area contributed by atoms with Crippen molar-refractivity contribution in [3.8, 4) is 5.75 Å². The summed E-state index contributed by atoms with van der Waals surface area (Å²) in [5.74, 6) is 0.523. The minimum Gasteiger partial charge on any atom is -0.494 e. The summed E-state index contributed by atoms with van der Waals surface area (Å²) in [6.07, 6.45) is 4.06. The quantitative estimate of drug-likeness (QED) is 0.571. The Labute approximate surface area is 108 Å². The lowest BCUT2D eigenvalue weighted by atomic mass is 10.2. The molecule has 1 aromatic carbocycles. The monoisotopic (exact) mass is 248 g/mol. The second-order valence-corrected chi connectivity index (χ2v) is 4.24. The lowest BCUT2D eigenvalue weighted by molar-refractivity contribution is -0.141. The highest BCUT2D eigenvalue weighted by atomic mass is 16.5. The van der Waals surface area contributed by atoms with Crippen LogP contribution < -0.4 is 4.74 Å². The van der Waals surface area contributed by atoms with Gasteiger partial charge in [0, 0.05) is 6.08 Å². The molecule has 0 saturated carbocycles. The minimum absolute atomic E-state index is 0.0908. The second kappa shape index (κ2) is 7.54. The first-order chi connectivity index (χ1) is 8.61. The highest BCUT2D eigenvalue weighted by Gasteiger charge is 1.99. The summed E-state index contributed by atoms with van der Waals surface area (Å²) in [5.41, 5.74) is 0.944. The van der Waals surface area contributed by atoms with Gasteiger partial charge in [-0.1, -0.05) is 19.1 Å². The normalized spacial score (nSPS) is 10.9. The highest BCUT2D eigenvalue weighted by molar-refractivity contribution is 5.87. The smallest absolute Gasteiger partial charge is 0.331 e. The van der Waals surface area contributed by atoms with Gasteiger partial charge >= 0.3 is 5.97 Å². The number of ether oxygens (including phenoxy) is 2. The van der Waals surface area contributed by atoms with E-state index in [-0.39, 0.29) is 12.1 Å². The molecule has 0 bridgehead atoms. The van der Waals surface area contributed by atoms with Gasteiger partial charge in [-0.2, -0.15) is 0 Å². The fourth-order valence-electron chi connectivity index (χ4n) is 1.33. The molecule has 0 aliphatic rings. The van der Waals surface area contributed by atoms with Crippen molar-refractivity contribution >= 4 is 12.0 Å². The van der Waals surface area contributed by atoms with E-state index in [0.717, 1.165) is 24.3 Å². The molecule has 0 heterocycles. The molecule has 0 amide bonds. The Morgan fingerprint density at radius 1 is 1.28 bits per heavy atom. The van der Waals surface area contributed by atoms with E-state index in [1.807, 2.05) is 38.1 Å². The summed E-state index contributed by atoms with van der Waals surface area (Å²) >= 11 is 0. The molecular weight excluding hydrogens is 228 g/mol. The summed E-state index contributed by atoms with van der Waals surface area (Å²) in [5, 5.41) is 0. The first-order valence-corrected chi connectivity index (χ1v) is 6.23. The topological polar surface area (TPSA) is 35.5 Å². The number of esters is 1. The molecule has 0 aromatic heterocycles. The Morgan fingerprint density at radius 2 is 1.94 bits per heavy atom. The van der Waals surface area contributed by atoms with E-state index in [1.165, 1.54) is 6.08 Å². The van der Waals surface area contributed by atoms with Crippen LogP contribution >= 0.6 is 0 Å². The Kier molecular flexibility index (Phi) is 5.98. The Balaban J connectivity index is 2.52. The molecule has 18 heavy (non-hydrogen) atoms. The molecule has 0 spiro atoms. The number of rotatable bonds is 6. The SMILES string of the molecule is CCCOc1ccc(C=CC(=O)OC(C)C)cc1. The minimum atomic E-state index is -0.323. The molecular formula is C15H20O3. The summed E-state index contributed by atoms with van der Waals surface area (Å²) in [7, 11) is 0. The average molecular weight is 248 g/mol. The summed E-state index contributed by atoms with van der Waals surface area (Å²) in [6, 6.07) is 7.60. The van der Waals surface area contributed by atoms with Crippen molar-refractivity contribution in [1.29, 1.82) is 0 Å². The highest BCUT2D eigenvalue weighted by Crippen LogP contribution is 2.13. The van der Waals surface area contributed by atoms with Crippen LogP contribution in [0.3, 0.4) is 0 Å². The van der Waals surface area contributed by atoms with Crippen LogP contribution in [0.15, 0.2) is 30.3 Å². The predicted molar refractivity (Wildman–Crippen MR) is 72.5 cm³/mol. The van der Waals surface area contributed by atoms with Crippen molar-refractivity contribution < 1.29 is 14.3 Å². The van der Waals surface area contributed by atoms with Crippen LogP contribution in [0.5, 0.6) is 5.75 Å². The van der Waals surface area contributed by atoms with E-state index in [0.29, 0.717) is 0 Å². The fourth-order valence-corrected chi connectivity index (χ4v) is 1.33. The lowest BCUT2D eigenvalue weighted by Crippen LogP contribution is -2.08. The third-order valence-electron chi connectivity index (χ3n) is 2.12. The lowest BCUT2D eigenvalue weighted by Gasteiger charge is -2.05. The van der Waals surface area contributed by atoms with Gasteiger partial charge in [-0.25, -0.2) is 4.79 Å². The summed E-state index contributed by atoms with van der Waals surface area (Å²) in [4.78, 5) is 11.3. The van der Waals surface area contributed by atoms with Gasteiger partial charge in [0.1, 0.15) is 5.75 Å². The van der Waals surface area contributed by atoms with Gasteiger partial charge in [-0.3, -0.25) is 0 Å². The van der Waals surface area contributed by atoms with Crippen molar-refractivity contribution in [2.24, 2.45) is 0 Å². The molecule has 3 heteroatoms. The van der Waals surface area contributed by atoms with Gasteiger partial charge in [-0.15, -0.1) is 0 Å². The number of hydrogen-bond acceptors (Lipinski definition) is 3. The van der Waals surface area contributed by atoms with Gasteiger partial charge in [0.25, 0.3) is 0 Å². The van der Waals surface area contributed by atoms with Crippen molar-refractivity contribution in [2.45, 2.75) is 33.3 Å². The molecule has 0 atom stereocenters. The van der Waals surface area contributed by atoms with E-state index in [2.05, 4.69) is 6.92 Å². The maximum absolute atomic E-state index is 11.3. The fraction of sp³-hybridized carbons (Fsp3) is 0.400. The molecule has 98 valence electrons. The van der Waals surface area contributed by atoms with Crippen LogP contribution in [-0.2, 0) is 9.53 Å². The van der Waals surface area contributed by atoms with Crippen LogP contribution in [0.4, 0.5) is 0 Å². The largest absolute Gasteiger partial charge is 0.494 e. The van der Waals surface area contributed by atoms with E-state index >= 15 is 0 Å². The van der Waals surface area contributed by atoms with Crippen molar-refractivity contribution in [3.63, 3.8) is 0 Å². The summed E-state index contributed by atoms with van der Waals surface area (Å²) < 4.78 is 10.5. The maximum Gasteiger partial charge on any atom is 0.331 e. The van der Waals surface area contributed by atoms with Gasteiger partial charge < -0.3 is 9.47 Å². The van der Waals surface area contributed by atoms with Gasteiger partial charge in [-0.05, 0) is 44.0 Å². The molecule has 0 aliphatic carbocycles. The van der Waals surface area contributed by atoms with Crippen molar-refractivity contribution in [1.82, 2.24) is 0 Å². The summed E-state index contributed by atoms with van der Waals surface area (Å²) in [6.45, 7) is 6.44. The van der Waals surface area contributed by atoms with Crippen molar-refractivity contribution in [3.05, 3.63) is 35.9 Å². The molecule has 0 saturated heterocycles. The zero-order chi connectivity index (χ0) is 13.4. The number of hydrogen-bond donors (Lipinski definition) is 0. The zero-order valence-corrected chi connectivity index (χ0v) is 11.2. The first kappa shape index (κ1) is 14.3. The van der Waals surface area contributed by atoms with Gasteiger partial charge in [0.2, 0.25) is 0 Å². The molecule has 1 aromatic rings. The molecule has 3 nitrogen and oxygen atoms in total. The molecule has 0 N–H and O–H groups in total. The standard InChI is InChI=1S/C15H20O3/c1-4-11-17-14-8-5-13(6-9-14)7-10-15(16)18-12(2)3/h5-10,12H,4,11H2,1-3H3. The Hall–Kier alpha value is -1.77. The number of carbonyl (C=O) groups excluding carboxylic acids is 1. The third kappa shape index (κ3) is 5.53. The molecule has 0 aliphatic heterocycles. The van der Waals surface area contributed by atoms with E-state index in [1.54, 1.807) is 6.08 Å². The molecule has 0 fully saturated rings. The van der Waals surface area contributed by atoms with Crippen LogP contribution in [0.2, 0.25) is 0 Å². The van der Waals surface area contributed by atoms with Crippen molar-refractivity contribution in [2.75, 3.05) is 6.61 Å². The average Bonchev–Trinajstić information content (AvgIpc) is 2.34. The number of carbonyl (C=O) groups is 1.